The monoisotopic (exact) mass is 266 g/mol. The fraction of sp³-hybridized carbons (Fsp3) is 0.500. The molecule has 0 aliphatic heterocycles. The summed E-state index contributed by atoms with van der Waals surface area (Å²) >= 11 is 5.09. The number of methoxy groups -OCH3 is 1. The topological polar surface area (TPSA) is 38.5 Å². The van der Waals surface area contributed by atoms with E-state index >= 15 is 0 Å². The summed E-state index contributed by atoms with van der Waals surface area (Å²) in [5.74, 6) is 0. The molecular formula is C14H22N2OS. The van der Waals surface area contributed by atoms with Gasteiger partial charge in [0.25, 0.3) is 0 Å². The zero-order valence-electron chi connectivity index (χ0n) is 11.3. The number of likely N-dealkylation sites (N-methyl/N-ethyl adjacent to an activating group) is 1. The van der Waals surface area contributed by atoms with E-state index in [0.29, 0.717) is 11.0 Å². The number of nitrogens with two attached hydrogens (primary N) is 1. The Labute approximate surface area is 115 Å². The van der Waals surface area contributed by atoms with Gasteiger partial charge in [-0.25, -0.2) is 0 Å². The van der Waals surface area contributed by atoms with Crippen LogP contribution in [0.4, 0.5) is 0 Å². The normalized spacial score (nSPS) is 12.7. The van der Waals surface area contributed by atoms with Gasteiger partial charge in [-0.2, -0.15) is 0 Å². The summed E-state index contributed by atoms with van der Waals surface area (Å²) in [5, 5.41) is 0. The number of hydrogen-bond acceptors (Lipinski definition) is 3. The molecule has 0 radical (unpaired) electrons. The molecule has 0 saturated heterocycles. The van der Waals surface area contributed by atoms with Crippen molar-refractivity contribution in [2.45, 2.75) is 26.4 Å². The molecule has 0 bridgehead atoms. The van der Waals surface area contributed by atoms with Crippen LogP contribution >= 0.6 is 12.2 Å². The third-order valence-corrected chi connectivity index (χ3v) is 3.31. The third kappa shape index (κ3) is 4.05. The van der Waals surface area contributed by atoms with Gasteiger partial charge in [-0.15, -0.1) is 0 Å². The van der Waals surface area contributed by atoms with Crippen LogP contribution in [-0.4, -0.2) is 36.2 Å². The van der Waals surface area contributed by atoms with Crippen molar-refractivity contribution in [2.24, 2.45) is 5.73 Å². The number of benzene rings is 1. The fourth-order valence-corrected chi connectivity index (χ4v) is 2.24. The lowest BCUT2D eigenvalue weighted by Crippen LogP contribution is -2.36. The first kappa shape index (κ1) is 15.1. The van der Waals surface area contributed by atoms with E-state index in [0.717, 1.165) is 25.3 Å². The van der Waals surface area contributed by atoms with Gasteiger partial charge < -0.3 is 10.5 Å². The maximum absolute atomic E-state index is 5.75. The smallest absolute Gasteiger partial charge is 0.104 e. The Balaban J connectivity index is 2.84. The average Bonchev–Trinajstić information content (AvgIpc) is 2.36. The third-order valence-electron chi connectivity index (χ3n) is 3.09. The van der Waals surface area contributed by atoms with Crippen LogP contribution < -0.4 is 5.73 Å². The standard InChI is InChI=1S/C14H22N2OS/c1-4-16(11(2)10-17-3)9-12-7-5-6-8-13(12)14(15)18/h5-8,11H,4,9-10H2,1-3H3,(H2,15,18). The molecule has 1 aromatic rings. The van der Waals surface area contributed by atoms with E-state index in [9.17, 15) is 0 Å². The number of rotatable bonds is 7. The van der Waals surface area contributed by atoms with Crippen LogP contribution in [0.25, 0.3) is 0 Å². The Morgan fingerprint density at radius 3 is 2.67 bits per heavy atom. The molecule has 0 aliphatic rings. The molecule has 4 heteroatoms. The van der Waals surface area contributed by atoms with Crippen molar-refractivity contribution in [1.29, 1.82) is 0 Å². The number of nitrogens with zero attached hydrogens (tertiary/aromatic N) is 1. The molecule has 1 rings (SSSR count). The molecule has 0 saturated carbocycles. The summed E-state index contributed by atoms with van der Waals surface area (Å²) < 4.78 is 5.21. The Bertz CT molecular complexity index is 395. The van der Waals surface area contributed by atoms with Crippen molar-refractivity contribution < 1.29 is 4.74 Å². The maximum Gasteiger partial charge on any atom is 0.104 e. The van der Waals surface area contributed by atoms with Gasteiger partial charge in [0.2, 0.25) is 0 Å². The van der Waals surface area contributed by atoms with Crippen molar-refractivity contribution in [3.8, 4) is 0 Å². The number of ether oxygens (including phenoxy) is 1. The molecule has 3 nitrogen and oxygen atoms in total. The molecule has 1 atom stereocenters. The van der Waals surface area contributed by atoms with E-state index in [1.54, 1.807) is 7.11 Å². The average molecular weight is 266 g/mol. The molecule has 0 aromatic heterocycles. The van der Waals surface area contributed by atoms with Gasteiger partial charge in [-0.05, 0) is 19.0 Å². The Morgan fingerprint density at radius 1 is 1.44 bits per heavy atom. The predicted molar refractivity (Wildman–Crippen MR) is 79.8 cm³/mol. The van der Waals surface area contributed by atoms with Crippen LogP contribution in [0.3, 0.4) is 0 Å². The fourth-order valence-electron chi connectivity index (χ4n) is 2.04. The molecule has 0 fully saturated rings. The first-order valence-electron chi connectivity index (χ1n) is 6.20. The van der Waals surface area contributed by atoms with Gasteiger partial charge in [-0.3, -0.25) is 4.90 Å². The largest absolute Gasteiger partial charge is 0.389 e. The molecule has 0 amide bonds. The van der Waals surface area contributed by atoms with Gasteiger partial charge in [0.1, 0.15) is 4.99 Å². The maximum atomic E-state index is 5.75. The second kappa shape index (κ2) is 7.46. The van der Waals surface area contributed by atoms with E-state index in [4.69, 9.17) is 22.7 Å². The Kier molecular flexibility index (Phi) is 6.25. The van der Waals surface area contributed by atoms with Gasteiger partial charge >= 0.3 is 0 Å². The minimum atomic E-state index is 0.374. The molecule has 100 valence electrons. The number of thiocarbonyl (C=S) groups is 1. The zero-order valence-corrected chi connectivity index (χ0v) is 12.2. The highest BCUT2D eigenvalue weighted by atomic mass is 32.1. The summed E-state index contributed by atoms with van der Waals surface area (Å²) in [6.45, 7) is 6.85. The molecule has 0 heterocycles. The van der Waals surface area contributed by atoms with E-state index in [1.807, 2.05) is 18.2 Å². The van der Waals surface area contributed by atoms with Crippen molar-refractivity contribution in [2.75, 3.05) is 20.3 Å². The summed E-state index contributed by atoms with van der Waals surface area (Å²) in [7, 11) is 1.73. The van der Waals surface area contributed by atoms with Crippen LogP contribution in [0.15, 0.2) is 24.3 Å². The van der Waals surface area contributed by atoms with Crippen LogP contribution in [0, 0.1) is 0 Å². The van der Waals surface area contributed by atoms with Crippen molar-refractivity contribution in [3.05, 3.63) is 35.4 Å². The molecule has 0 aliphatic carbocycles. The predicted octanol–water partition coefficient (Wildman–Crippen LogP) is 2.18. The highest BCUT2D eigenvalue weighted by Gasteiger charge is 2.14. The zero-order chi connectivity index (χ0) is 13.5. The SMILES string of the molecule is CCN(Cc1ccccc1C(N)=S)C(C)COC. The number of hydrogen-bond donors (Lipinski definition) is 1. The molecule has 1 unspecified atom stereocenters. The van der Waals surface area contributed by atoms with Crippen molar-refractivity contribution in [1.82, 2.24) is 4.90 Å². The van der Waals surface area contributed by atoms with Crippen molar-refractivity contribution >= 4 is 17.2 Å². The Hall–Kier alpha value is -0.970. The van der Waals surface area contributed by atoms with Crippen molar-refractivity contribution in [3.63, 3.8) is 0 Å². The summed E-state index contributed by atoms with van der Waals surface area (Å²) in [6.07, 6.45) is 0. The van der Waals surface area contributed by atoms with E-state index in [-0.39, 0.29) is 0 Å². The molecule has 0 spiro atoms. The quantitative estimate of drug-likeness (QED) is 0.768. The highest BCUT2D eigenvalue weighted by Crippen LogP contribution is 2.13. The van der Waals surface area contributed by atoms with Crippen LogP contribution in [0.2, 0.25) is 0 Å². The summed E-state index contributed by atoms with van der Waals surface area (Å²) in [4.78, 5) is 2.81. The highest BCUT2D eigenvalue weighted by molar-refractivity contribution is 7.80. The molecule has 2 N–H and O–H groups in total. The van der Waals surface area contributed by atoms with Crippen LogP contribution in [-0.2, 0) is 11.3 Å². The first-order valence-corrected chi connectivity index (χ1v) is 6.61. The molecule has 1 aromatic carbocycles. The van der Waals surface area contributed by atoms with Crippen LogP contribution in [0.1, 0.15) is 25.0 Å². The lowest BCUT2D eigenvalue weighted by molar-refractivity contribution is 0.0982. The summed E-state index contributed by atoms with van der Waals surface area (Å²) in [6, 6.07) is 8.42. The van der Waals surface area contributed by atoms with E-state index in [2.05, 4.69) is 24.8 Å². The van der Waals surface area contributed by atoms with Crippen LogP contribution in [0.5, 0.6) is 0 Å². The molecular weight excluding hydrogens is 244 g/mol. The van der Waals surface area contributed by atoms with Gasteiger partial charge in [0.05, 0.1) is 6.61 Å². The Morgan fingerprint density at radius 2 is 2.11 bits per heavy atom. The van der Waals surface area contributed by atoms with Gasteiger partial charge in [0.15, 0.2) is 0 Å². The second-order valence-corrected chi connectivity index (χ2v) is 4.83. The second-order valence-electron chi connectivity index (χ2n) is 4.39. The minimum absolute atomic E-state index is 0.374. The first-order chi connectivity index (χ1) is 8.60. The van der Waals surface area contributed by atoms with Gasteiger partial charge in [-0.1, -0.05) is 43.4 Å². The molecule has 18 heavy (non-hydrogen) atoms. The van der Waals surface area contributed by atoms with E-state index < -0.39 is 0 Å². The minimum Gasteiger partial charge on any atom is -0.389 e. The van der Waals surface area contributed by atoms with E-state index in [1.165, 1.54) is 5.56 Å². The summed E-state index contributed by atoms with van der Waals surface area (Å²) in [5.41, 5.74) is 7.90. The lowest BCUT2D eigenvalue weighted by Gasteiger charge is -2.28. The lowest BCUT2D eigenvalue weighted by atomic mass is 10.1. The van der Waals surface area contributed by atoms with Gasteiger partial charge in [0, 0.05) is 25.3 Å².